The SMILES string of the molecule is COC(=O)c1ccc(C2C(C(=O)c3ccc(Cl)cc3)=C(O)C(=O)N2CCc2c[nH]c3ccccc23)cc1. The van der Waals surface area contributed by atoms with Crippen LogP contribution in [0.2, 0.25) is 5.02 Å². The Morgan fingerprint density at radius 3 is 2.38 bits per heavy atom. The van der Waals surface area contributed by atoms with Crippen LogP contribution in [0.15, 0.2) is 90.3 Å². The molecule has 4 aromatic rings. The number of aromatic amines is 1. The molecule has 0 saturated heterocycles. The Bertz CT molecular complexity index is 1540. The number of Topliss-reactive ketones (excluding diaryl/α,β-unsaturated/α-hetero) is 1. The van der Waals surface area contributed by atoms with Gasteiger partial charge in [-0.15, -0.1) is 0 Å². The molecule has 1 aliphatic heterocycles. The molecule has 0 saturated carbocycles. The van der Waals surface area contributed by atoms with Crippen LogP contribution >= 0.6 is 11.6 Å². The molecular formula is C29H23ClN2O5. The second-order valence-corrected chi connectivity index (χ2v) is 9.16. The van der Waals surface area contributed by atoms with Crippen molar-refractivity contribution in [1.82, 2.24) is 9.88 Å². The topological polar surface area (TPSA) is 99.7 Å². The molecule has 37 heavy (non-hydrogen) atoms. The normalized spacial score (nSPS) is 15.5. The van der Waals surface area contributed by atoms with Crippen LogP contribution in [0.1, 0.15) is 37.9 Å². The number of benzene rings is 3. The number of aliphatic hydroxyl groups excluding tert-OH is 1. The first-order valence-corrected chi connectivity index (χ1v) is 12.0. The highest BCUT2D eigenvalue weighted by Gasteiger charge is 2.43. The zero-order chi connectivity index (χ0) is 26.1. The van der Waals surface area contributed by atoms with Crippen molar-refractivity contribution in [2.75, 3.05) is 13.7 Å². The molecule has 1 unspecified atom stereocenters. The number of aliphatic hydroxyl groups is 1. The van der Waals surface area contributed by atoms with Crippen LogP contribution in [0.25, 0.3) is 10.9 Å². The molecule has 0 aliphatic carbocycles. The Kier molecular flexibility index (Phi) is 6.54. The number of carbonyl (C=O) groups excluding carboxylic acids is 3. The quantitative estimate of drug-likeness (QED) is 0.253. The fraction of sp³-hybridized carbons (Fsp3) is 0.138. The molecule has 1 aromatic heterocycles. The van der Waals surface area contributed by atoms with Crippen molar-refractivity contribution in [2.24, 2.45) is 0 Å². The van der Waals surface area contributed by atoms with Crippen LogP contribution in [0.5, 0.6) is 0 Å². The number of H-pyrrole nitrogens is 1. The van der Waals surface area contributed by atoms with E-state index in [9.17, 15) is 19.5 Å². The summed E-state index contributed by atoms with van der Waals surface area (Å²) < 4.78 is 4.78. The summed E-state index contributed by atoms with van der Waals surface area (Å²) in [6.45, 7) is 0.256. The summed E-state index contributed by atoms with van der Waals surface area (Å²) in [4.78, 5) is 43.5. The van der Waals surface area contributed by atoms with Gasteiger partial charge in [-0.05, 0) is 60.0 Å². The zero-order valence-corrected chi connectivity index (χ0v) is 20.7. The van der Waals surface area contributed by atoms with Crippen molar-refractivity contribution in [1.29, 1.82) is 0 Å². The molecule has 186 valence electrons. The Morgan fingerprint density at radius 2 is 1.68 bits per heavy atom. The van der Waals surface area contributed by atoms with Gasteiger partial charge in [-0.3, -0.25) is 9.59 Å². The summed E-state index contributed by atoms with van der Waals surface area (Å²) >= 11 is 5.98. The average molecular weight is 515 g/mol. The number of nitrogens with one attached hydrogen (secondary N) is 1. The number of hydrogen-bond acceptors (Lipinski definition) is 5. The molecule has 5 rings (SSSR count). The predicted molar refractivity (Wildman–Crippen MR) is 140 cm³/mol. The van der Waals surface area contributed by atoms with Crippen LogP contribution in [-0.2, 0) is 16.0 Å². The molecular weight excluding hydrogens is 492 g/mol. The highest BCUT2D eigenvalue weighted by Crippen LogP contribution is 2.39. The van der Waals surface area contributed by atoms with Crippen molar-refractivity contribution < 1.29 is 24.2 Å². The predicted octanol–water partition coefficient (Wildman–Crippen LogP) is 5.43. The molecule has 0 fully saturated rings. The minimum atomic E-state index is -0.840. The van der Waals surface area contributed by atoms with Crippen LogP contribution in [0.4, 0.5) is 0 Å². The van der Waals surface area contributed by atoms with E-state index >= 15 is 0 Å². The molecule has 8 heteroatoms. The number of fused-ring (bicyclic) bond motifs is 1. The first kappa shape index (κ1) is 24.3. The van der Waals surface area contributed by atoms with Gasteiger partial charge in [0.1, 0.15) is 0 Å². The first-order chi connectivity index (χ1) is 17.9. The first-order valence-electron chi connectivity index (χ1n) is 11.7. The van der Waals surface area contributed by atoms with Gasteiger partial charge >= 0.3 is 5.97 Å². The third-order valence-corrected chi connectivity index (χ3v) is 6.85. The lowest BCUT2D eigenvalue weighted by Crippen LogP contribution is -2.33. The number of nitrogens with zero attached hydrogens (tertiary/aromatic N) is 1. The van der Waals surface area contributed by atoms with Crippen LogP contribution in [0.3, 0.4) is 0 Å². The van der Waals surface area contributed by atoms with Crippen molar-refractivity contribution in [3.05, 3.63) is 118 Å². The van der Waals surface area contributed by atoms with Crippen LogP contribution < -0.4 is 0 Å². The van der Waals surface area contributed by atoms with E-state index in [2.05, 4.69) is 4.98 Å². The monoisotopic (exact) mass is 514 g/mol. The minimum Gasteiger partial charge on any atom is -0.503 e. The fourth-order valence-corrected chi connectivity index (χ4v) is 4.84. The molecule has 2 N–H and O–H groups in total. The summed E-state index contributed by atoms with van der Waals surface area (Å²) in [7, 11) is 1.29. The van der Waals surface area contributed by atoms with Gasteiger partial charge in [-0.25, -0.2) is 4.79 Å². The average Bonchev–Trinajstić information content (AvgIpc) is 3.45. The van der Waals surface area contributed by atoms with Gasteiger partial charge in [0.25, 0.3) is 5.91 Å². The number of carbonyl (C=O) groups is 3. The van der Waals surface area contributed by atoms with Gasteiger partial charge in [0.2, 0.25) is 0 Å². The molecule has 1 amide bonds. The number of halogens is 1. The van der Waals surface area contributed by atoms with E-state index in [0.29, 0.717) is 28.1 Å². The Morgan fingerprint density at radius 1 is 1.00 bits per heavy atom. The molecule has 1 aliphatic rings. The second kappa shape index (κ2) is 9.95. The lowest BCUT2D eigenvalue weighted by atomic mass is 9.92. The van der Waals surface area contributed by atoms with Gasteiger partial charge in [0.15, 0.2) is 11.5 Å². The number of ketones is 1. The molecule has 0 bridgehead atoms. The highest BCUT2D eigenvalue weighted by atomic mass is 35.5. The van der Waals surface area contributed by atoms with E-state index in [1.54, 1.807) is 48.5 Å². The number of methoxy groups -OCH3 is 1. The zero-order valence-electron chi connectivity index (χ0n) is 19.9. The van der Waals surface area contributed by atoms with Gasteiger partial charge in [-0.2, -0.15) is 0 Å². The van der Waals surface area contributed by atoms with E-state index in [0.717, 1.165) is 16.5 Å². The lowest BCUT2D eigenvalue weighted by Gasteiger charge is -2.27. The summed E-state index contributed by atoms with van der Waals surface area (Å²) in [5.74, 6) is -2.18. The molecule has 1 atom stereocenters. The number of ether oxygens (including phenoxy) is 1. The minimum absolute atomic E-state index is 0.0166. The maximum Gasteiger partial charge on any atom is 0.337 e. The van der Waals surface area contributed by atoms with E-state index in [-0.39, 0.29) is 12.1 Å². The fourth-order valence-electron chi connectivity index (χ4n) is 4.72. The third kappa shape index (κ3) is 4.49. The van der Waals surface area contributed by atoms with E-state index < -0.39 is 29.5 Å². The smallest absolute Gasteiger partial charge is 0.337 e. The molecule has 7 nitrogen and oxygen atoms in total. The van der Waals surface area contributed by atoms with Gasteiger partial charge in [0.05, 0.1) is 24.3 Å². The van der Waals surface area contributed by atoms with E-state index in [1.807, 2.05) is 30.5 Å². The van der Waals surface area contributed by atoms with Crippen LogP contribution in [-0.4, -0.2) is 46.3 Å². The van der Waals surface area contributed by atoms with Gasteiger partial charge in [-0.1, -0.05) is 41.9 Å². The third-order valence-electron chi connectivity index (χ3n) is 6.60. The maximum absolute atomic E-state index is 13.6. The summed E-state index contributed by atoms with van der Waals surface area (Å²) in [5, 5.41) is 12.4. The van der Waals surface area contributed by atoms with E-state index in [1.165, 1.54) is 12.0 Å². The number of esters is 1. The summed E-state index contributed by atoms with van der Waals surface area (Å²) in [6.07, 6.45) is 2.40. The largest absolute Gasteiger partial charge is 0.503 e. The van der Waals surface area contributed by atoms with Crippen molar-refractivity contribution >= 4 is 40.2 Å². The van der Waals surface area contributed by atoms with Crippen molar-refractivity contribution in [3.8, 4) is 0 Å². The van der Waals surface area contributed by atoms with E-state index in [4.69, 9.17) is 16.3 Å². The Balaban J connectivity index is 1.52. The Labute approximate surface area is 217 Å². The standard InChI is InChI=1S/C29H23ClN2O5/c1-37-29(36)19-8-6-17(7-9-19)25-24(26(33)18-10-12-21(30)13-11-18)27(34)28(35)32(25)15-14-20-16-31-23-5-3-2-4-22(20)23/h2-13,16,25,31,34H,14-15H2,1H3. The summed E-state index contributed by atoms with van der Waals surface area (Å²) in [5.41, 5.74) is 3.20. The number of para-hydroxylation sites is 1. The number of rotatable bonds is 7. The lowest BCUT2D eigenvalue weighted by molar-refractivity contribution is -0.129. The van der Waals surface area contributed by atoms with Crippen LogP contribution in [0, 0.1) is 0 Å². The number of aromatic nitrogens is 1. The van der Waals surface area contributed by atoms with Gasteiger partial charge < -0.3 is 19.7 Å². The molecule has 0 radical (unpaired) electrons. The Hall–Kier alpha value is -4.36. The van der Waals surface area contributed by atoms with Crippen molar-refractivity contribution in [3.63, 3.8) is 0 Å². The second-order valence-electron chi connectivity index (χ2n) is 8.72. The highest BCUT2D eigenvalue weighted by molar-refractivity contribution is 6.30. The maximum atomic E-state index is 13.6. The number of amides is 1. The molecule has 2 heterocycles. The van der Waals surface area contributed by atoms with Gasteiger partial charge in [0, 0.05) is 34.2 Å². The molecule has 3 aromatic carbocycles. The number of hydrogen-bond donors (Lipinski definition) is 2. The molecule has 0 spiro atoms. The summed E-state index contributed by atoms with van der Waals surface area (Å²) in [6, 6.07) is 19.8. The van der Waals surface area contributed by atoms with Crippen molar-refractivity contribution in [2.45, 2.75) is 12.5 Å².